The van der Waals surface area contributed by atoms with Crippen LogP contribution in [-0.2, 0) is 17.6 Å². The molecule has 1 aromatic carbocycles. The Bertz CT molecular complexity index is 449. The molecule has 0 amide bonds. The summed E-state index contributed by atoms with van der Waals surface area (Å²) in [5, 5.41) is 10.3. The van der Waals surface area contributed by atoms with Gasteiger partial charge in [0, 0.05) is 18.0 Å². The zero-order valence-corrected chi connectivity index (χ0v) is 9.70. The van der Waals surface area contributed by atoms with Crippen LogP contribution in [0.25, 0.3) is 0 Å². The smallest absolute Gasteiger partial charge is 0.163 e. The van der Waals surface area contributed by atoms with Crippen LogP contribution in [0.5, 0.6) is 0 Å². The Hall–Kier alpha value is -1.64. The lowest BCUT2D eigenvalue weighted by molar-refractivity contribution is -0.305. The molecular weight excluding hydrogens is 216 g/mol. The summed E-state index contributed by atoms with van der Waals surface area (Å²) in [6.45, 7) is 0. The molecule has 2 rings (SSSR count). The second kappa shape index (κ2) is 5.13. The standard InChI is InChI=1S/C14H16O3/c15-13(7-8-14(16)17)12-6-5-10-3-1-2-4-11(10)9-12/h5-6,9H,1-4,7-8H2,(H,16,17)/p-1. The Morgan fingerprint density at radius 3 is 2.47 bits per heavy atom. The molecule has 17 heavy (non-hydrogen) atoms. The predicted octanol–water partition coefficient (Wildman–Crippen LogP) is 1.28. The monoisotopic (exact) mass is 231 g/mol. The first-order valence-electron chi connectivity index (χ1n) is 6.01. The van der Waals surface area contributed by atoms with Gasteiger partial charge in [-0.2, -0.15) is 0 Å². The lowest BCUT2D eigenvalue weighted by Gasteiger charge is -2.16. The highest BCUT2D eigenvalue weighted by atomic mass is 16.4. The zero-order chi connectivity index (χ0) is 12.3. The van der Waals surface area contributed by atoms with Crippen LogP contribution >= 0.6 is 0 Å². The molecule has 0 aromatic heterocycles. The van der Waals surface area contributed by atoms with E-state index >= 15 is 0 Å². The van der Waals surface area contributed by atoms with Gasteiger partial charge in [-0.05, 0) is 49.3 Å². The number of hydrogen-bond acceptors (Lipinski definition) is 3. The van der Waals surface area contributed by atoms with E-state index in [-0.39, 0.29) is 18.6 Å². The average Bonchev–Trinajstić information content (AvgIpc) is 2.35. The van der Waals surface area contributed by atoms with E-state index in [1.165, 1.54) is 24.0 Å². The molecule has 0 heterocycles. The van der Waals surface area contributed by atoms with Gasteiger partial charge in [0.15, 0.2) is 5.78 Å². The van der Waals surface area contributed by atoms with E-state index in [9.17, 15) is 14.7 Å². The Morgan fingerprint density at radius 2 is 1.76 bits per heavy atom. The number of fused-ring (bicyclic) bond motifs is 1. The van der Waals surface area contributed by atoms with E-state index < -0.39 is 5.97 Å². The molecule has 0 bridgehead atoms. The van der Waals surface area contributed by atoms with Crippen LogP contribution in [0.1, 0.15) is 47.2 Å². The maximum atomic E-state index is 11.7. The van der Waals surface area contributed by atoms with E-state index in [4.69, 9.17) is 0 Å². The van der Waals surface area contributed by atoms with Gasteiger partial charge < -0.3 is 9.90 Å². The summed E-state index contributed by atoms with van der Waals surface area (Å²) >= 11 is 0. The van der Waals surface area contributed by atoms with Gasteiger partial charge in [-0.25, -0.2) is 0 Å². The number of carbonyl (C=O) groups excluding carboxylic acids is 2. The summed E-state index contributed by atoms with van der Waals surface area (Å²) in [6, 6.07) is 5.73. The van der Waals surface area contributed by atoms with Gasteiger partial charge >= 0.3 is 0 Å². The van der Waals surface area contributed by atoms with E-state index in [0.29, 0.717) is 5.56 Å². The first kappa shape index (κ1) is 11.8. The van der Waals surface area contributed by atoms with Crippen molar-refractivity contribution in [2.45, 2.75) is 38.5 Å². The topological polar surface area (TPSA) is 57.2 Å². The van der Waals surface area contributed by atoms with Gasteiger partial charge in [0.1, 0.15) is 0 Å². The quantitative estimate of drug-likeness (QED) is 0.733. The second-order valence-electron chi connectivity index (χ2n) is 4.49. The molecule has 0 saturated carbocycles. The summed E-state index contributed by atoms with van der Waals surface area (Å²) in [7, 11) is 0. The summed E-state index contributed by atoms with van der Waals surface area (Å²) in [5.41, 5.74) is 3.20. The van der Waals surface area contributed by atoms with Gasteiger partial charge in [0.25, 0.3) is 0 Å². The van der Waals surface area contributed by atoms with Gasteiger partial charge in [-0.3, -0.25) is 4.79 Å². The van der Waals surface area contributed by atoms with Crippen molar-refractivity contribution in [1.82, 2.24) is 0 Å². The Balaban J connectivity index is 2.11. The molecule has 1 aliphatic carbocycles. The fourth-order valence-corrected chi connectivity index (χ4v) is 2.27. The number of benzene rings is 1. The molecule has 1 aromatic rings. The van der Waals surface area contributed by atoms with Crippen LogP contribution in [0.15, 0.2) is 18.2 Å². The minimum absolute atomic E-state index is 0.0289. The van der Waals surface area contributed by atoms with E-state index in [1.54, 1.807) is 0 Å². The molecule has 0 saturated heterocycles. The molecule has 0 radical (unpaired) electrons. The SMILES string of the molecule is O=C([O-])CCC(=O)c1ccc2c(c1)CCCC2. The predicted molar refractivity (Wildman–Crippen MR) is 61.7 cm³/mol. The van der Waals surface area contributed by atoms with E-state index in [0.717, 1.165) is 12.8 Å². The molecule has 0 fully saturated rings. The van der Waals surface area contributed by atoms with Crippen molar-refractivity contribution in [2.75, 3.05) is 0 Å². The summed E-state index contributed by atoms with van der Waals surface area (Å²) in [4.78, 5) is 22.0. The molecule has 1 aliphatic rings. The minimum Gasteiger partial charge on any atom is -0.550 e. The molecule has 0 N–H and O–H groups in total. The van der Waals surface area contributed by atoms with Crippen molar-refractivity contribution < 1.29 is 14.7 Å². The fourth-order valence-electron chi connectivity index (χ4n) is 2.27. The van der Waals surface area contributed by atoms with Crippen LogP contribution in [-0.4, -0.2) is 11.8 Å². The van der Waals surface area contributed by atoms with Gasteiger partial charge in [0.05, 0.1) is 0 Å². The van der Waals surface area contributed by atoms with Crippen LogP contribution in [0.2, 0.25) is 0 Å². The summed E-state index contributed by atoms with van der Waals surface area (Å²) < 4.78 is 0. The van der Waals surface area contributed by atoms with Crippen molar-refractivity contribution in [3.8, 4) is 0 Å². The van der Waals surface area contributed by atoms with Crippen LogP contribution in [0, 0.1) is 0 Å². The lowest BCUT2D eigenvalue weighted by Crippen LogP contribution is -2.22. The first-order chi connectivity index (χ1) is 8.16. The number of ketones is 1. The van der Waals surface area contributed by atoms with Gasteiger partial charge in [0.2, 0.25) is 0 Å². The van der Waals surface area contributed by atoms with Crippen LogP contribution < -0.4 is 5.11 Å². The number of Topliss-reactive ketones (excluding diaryl/α,β-unsaturated/α-hetero) is 1. The molecule has 0 aliphatic heterocycles. The van der Waals surface area contributed by atoms with Crippen molar-refractivity contribution in [2.24, 2.45) is 0 Å². The highest BCUT2D eigenvalue weighted by molar-refractivity contribution is 5.97. The summed E-state index contributed by atoms with van der Waals surface area (Å²) in [6.07, 6.45) is 4.32. The fraction of sp³-hybridized carbons (Fsp3) is 0.429. The van der Waals surface area contributed by atoms with Gasteiger partial charge in [-0.1, -0.05) is 12.1 Å². The highest BCUT2D eigenvalue weighted by Crippen LogP contribution is 2.22. The number of rotatable bonds is 4. The number of hydrogen-bond donors (Lipinski definition) is 0. The van der Waals surface area contributed by atoms with E-state index in [2.05, 4.69) is 0 Å². The van der Waals surface area contributed by atoms with Crippen LogP contribution in [0.3, 0.4) is 0 Å². The number of aryl methyl sites for hydroxylation is 2. The zero-order valence-electron chi connectivity index (χ0n) is 9.70. The Kier molecular flexibility index (Phi) is 3.57. The Labute approximate surface area is 100 Å². The van der Waals surface area contributed by atoms with Crippen molar-refractivity contribution in [1.29, 1.82) is 0 Å². The highest BCUT2D eigenvalue weighted by Gasteiger charge is 2.12. The Morgan fingerprint density at radius 1 is 1.06 bits per heavy atom. The number of carboxylic acids is 1. The van der Waals surface area contributed by atoms with Crippen molar-refractivity contribution in [3.63, 3.8) is 0 Å². The third-order valence-corrected chi connectivity index (χ3v) is 3.23. The average molecular weight is 231 g/mol. The van der Waals surface area contributed by atoms with Gasteiger partial charge in [-0.15, -0.1) is 0 Å². The third kappa shape index (κ3) is 2.93. The molecule has 0 spiro atoms. The first-order valence-corrected chi connectivity index (χ1v) is 6.01. The number of carbonyl (C=O) groups is 2. The third-order valence-electron chi connectivity index (χ3n) is 3.23. The normalized spacial score (nSPS) is 14.1. The molecule has 3 heteroatoms. The van der Waals surface area contributed by atoms with Crippen LogP contribution in [0.4, 0.5) is 0 Å². The maximum absolute atomic E-state index is 11.7. The second-order valence-corrected chi connectivity index (χ2v) is 4.49. The molecule has 0 atom stereocenters. The van der Waals surface area contributed by atoms with Crippen molar-refractivity contribution in [3.05, 3.63) is 34.9 Å². The number of carboxylic acid groups (broad SMARTS) is 1. The lowest BCUT2D eigenvalue weighted by atomic mass is 9.89. The largest absolute Gasteiger partial charge is 0.550 e. The molecular formula is C14H15O3-. The number of aliphatic carboxylic acids is 1. The van der Waals surface area contributed by atoms with E-state index in [1.807, 2.05) is 18.2 Å². The molecule has 3 nitrogen and oxygen atoms in total. The minimum atomic E-state index is -1.17. The van der Waals surface area contributed by atoms with Crippen molar-refractivity contribution >= 4 is 11.8 Å². The maximum Gasteiger partial charge on any atom is 0.163 e. The summed E-state index contributed by atoms with van der Waals surface area (Å²) in [5.74, 6) is -1.28. The molecule has 0 unspecified atom stereocenters. The molecule has 90 valence electrons.